The van der Waals surface area contributed by atoms with Gasteiger partial charge in [-0.2, -0.15) is 0 Å². The zero-order chi connectivity index (χ0) is 20.2. The van der Waals surface area contributed by atoms with Crippen LogP contribution in [-0.2, 0) is 11.3 Å². The number of nitrogens with zero attached hydrogens (tertiary/aromatic N) is 2. The molecule has 0 atom stereocenters. The average Bonchev–Trinajstić information content (AvgIpc) is 3.07. The number of amides is 1. The van der Waals surface area contributed by atoms with Gasteiger partial charge < -0.3 is 9.88 Å². The van der Waals surface area contributed by atoms with Gasteiger partial charge in [-0.05, 0) is 54.8 Å². The van der Waals surface area contributed by atoms with E-state index in [-0.39, 0.29) is 12.5 Å². The maximum atomic E-state index is 12.8. The minimum atomic E-state index is -0.0729. The van der Waals surface area contributed by atoms with Crippen LogP contribution >= 0.6 is 0 Å². The van der Waals surface area contributed by atoms with Crippen molar-refractivity contribution in [3.8, 4) is 0 Å². The number of imidazole rings is 1. The Morgan fingerprint density at radius 2 is 1.72 bits per heavy atom. The molecule has 3 aromatic carbocycles. The van der Waals surface area contributed by atoms with Crippen LogP contribution in [0.25, 0.3) is 23.2 Å². The predicted octanol–water partition coefficient (Wildman–Crippen LogP) is 5.46. The monoisotopic (exact) mass is 381 g/mol. The Balaban J connectivity index is 1.64. The van der Waals surface area contributed by atoms with E-state index in [9.17, 15) is 4.79 Å². The van der Waals surface area contributed by atoms with E-state index in [2.05, 4.69) is 5.32 Å². The third-order valence-electron chi connectivity index (χ3n) is 4.88. The molecule has 0 aliphatic carbocycles. The maximum absolute atomic E-state index is 12.8. The predicted molar refractivity (Wildman–Crippen MR) is 120 cm³/mol. The Morgan fingerprint density at radius 1 is 0.966 bits per heavy atom. The number of aromatic nitrogens is 2. The molecular formula is C25H23N3O. The molecule has 1 N–H and O–H groups in total. The number of nitrogens with one attached hydrogen (secondary N) is 1. The molecule has 0 spiro atoms. The van der Waals surface area contributed by atoms with Crippen molar-refractivity contribution in [3.05, 3.63) is 95.3 Å². The first-order valence-electron chi connectivity index (χ1n) is 9.66. The summed E-state index contributed by atoms with van der Waals surface area (Å²) in [5.41, 5.74) is 5.91. The molecule has 0 bridgehead atoms. The maximum Gasteiger partial charge on any atom is 0.244 e. The summed E-state index contributed by atoms with van der Waals surface area (Å²) in [7, 11) is 0. The first kappa shape index (κ1) is 18.7. The fourth-order valence-corrected chi connectivity index (χ4v) is 3.33. The molecule has 144 valence electrons. The van der Waals surface area contributed by atoms with E-state index < -0.39 is 0 Å². The van der Waals surface area contributed by atoms with Gasteiger partial charge >= 0.3 is 0 Å². The third-order valence-corrected chi connectivity index (χ3v) is 4.88. The molecule has 0 aliphatic heterocycles. The van der Waals surface area contributed by atoms with Crippen molar-refractivity contribution in [1.82, 2.24) is 9.55 Å². The lowest BCUT2D eigenvalue weighted by atomic mass is 10.1. The van der Waals surface area contributed by atoms with Crippen molar-refractivity contribution in [2.45, 2.75) is 20.4 Å². The van der Waals surface area contributed by atoms with Crippen LogP contribution in [0.3, 0.4) is 0 Å². The minimum Gasteiger partial charge on any atom is -0.324 e. The van der Waals surface area contributed by atoms with Gasteiger partial charge in [-0.3, -0.25) is 4.79 Å². The van der Waals surface area contributed by atoms with Crippen molar-refractivity contribution in [2.24, 2.45) is 0 Å². The van der Waals surface area contributed by atoms with E-state index in [4.69, 9.17) is 4.98 Å². The topological polar surface area (TPSA) is 46.9 Å². The molecule has 4 nitrogen and oxygen atoms in total. The summed E-state index contributed by atoms with van der Waals surface area (Å²) in [5.74, 6) is 0.683. The van der Waals surface area contributed by atoms with Gasteiger partial charge in [0.15, 0.2) is 0 Å². The number of aryl methyl sites for hydroxylation is 2. The lowest BCUT2D eigenvalue weighted by Crippen LogP contribution is -2.20. The van der Waals surface area contributed by atoms with Crippen molar-refractivity contribution >= 4 is 34.8 Å². The van der Waals surface area contributed by atoms with E-state index in [1.54, 1.807) is 0 Å². The molecule has 29 heavy (non-hydrogen) atoms. The largest absolute Gasteiger partial charge is 0.324 e. The van der Waals surface area contributed by atoms with Crippen LogP contribution in [0.15, 0.2) is 72.8 Å². The summed E-state index contributed by atoms with van der Waals surface area (Å²) in [5, 5.41) is 3.04. The van der Waals surface area contributed by atoms with Crippen molar-refractivity contribution in [2.75, 3.05) is 5.32 Å². The Kier molecular flexibility index (Phi) is 5.25. The highest BCUT2D eigenvalue weighted by Crippen LogP contribution is 2.20. The third kappa shape index (κ3) is 4.27. The Labute approximate surface area is 170 Å². The lowest BCUT2D eigenvalue weighted by Gasteiger charge is -2.11. The fraction of sp³-hybridized carbons (Fsp3) is 0.120. The average molecular weight is 381 g/mol. The summed E-state index contributed by atoms with van der Waals surface area (Å²) >= 11 is 0. The number of fused-ring (bicyclic) bond motifs is 1. The molecule has 0 unspecified atom stereocenters. The molecule has 0 saturated heterocycles. The summed E-state index contributed by atoms with van der Waals surface area (Å²) in [6, 6.07) is 24.0. The van der Waals surface area contributed by atoms with Gasteiger partial charge in [-0.15, -0.1) is 0 Å². The van der Waals surface area contributed by atoms with Crippen LogP contribution in [0.1, 0.15) is 22.5 Å². The van der Waals surface area contributed by atoms with Gasteiger partial charge in [0.05, 0.1) is 11.0 Å². The van der Waals surface area contributed by atoms with Crippen LogP contribution in [-0.4, -0.2) is 15.5 Å². The number of hydrogen-bond donors (Lipinski definition) is 1. The highest BCUT2D eigenvalue weighted by molar-refractivity contribution is 5.93. The van der Waals surface area contributed by atoms with E-state index in [0.29, 0.717) is 0 Å². The molecule has 1 heterocycles. The number of rotatable bonds is 5. The van der Waals surface area contributed by atoms with E-state index in [1.165, 1.54) is 0 Å². The zero-order valence-corrected chi connectivity index (χ0v) is 16.6. The highest BCUT2D eigenvalue weighted by Gasteiger charge is 2.13. The molecule has 4 rings (SSSR count). The minimum absolute atomic E-state index is 0.0729. The first-order valence-corrected chi connectivity index (χ1v) is 9.66. The number of benzene rings is 3. The number of carbonyl (C=O) groups excluding carboxylic acids is 1. The summed E-state index contributed by atoms with van der Waals surface area (Å²) in [4.78, 5) is 17.5. The van der Waals surface area contributed by atoms with Gasteiger partial charge in [-0.1, -0.05) is 60.7 Å². The number of para-hydroxylation sites is 2. The van der Waals surface area contributed by atoms with Crippen LogP contribution in [0, 0.1) is 13.8 Å². The van der Waals surface area contributed by atoms with Crippen LogP contribution in [0.5, 0.6) is 0 Å². The van der Waals surface area contributed by atoms with Gasteiger partial charge in [-0.25, -0.2) is 4.98 Å². The Morgan fingerprint density at radius 3 is 2.55 bits per heavy atom. The number of hydrogen-bond acceptors (Lipinski definition) is 2. The zero-order valence-electron chi connectivity index (χ0n) is 16.6. The number of anilines is 1. The smallest absolute Gasteiger partial charge is 0.244 e. The van der Waals surface area contributed by atoms with Crippen LogP contribution in [0.2, 0.25) is 0 Å². The quantitative estimate of drug-likeness (QED) is 0.499. The van der Waals surface area contributed by atoms with Crippen molar-refractivity contribution < 1.29 is 4.79 Å². The molecule has 4 heteroatoms. The summed E-state index contributed by atoms with van der Waals surface area (Å²) in [6.07, 6.45) is 3.97. The normalized spacial score (nSPS) is 11.2. The van der Waals surface area contributed by atoms with Crippen LogP contribution in [0.4, 0.5) is 5.69 Å². The molecule has 0 radical (unpaired) electrons. The van der Waals surface area contributed by atoms with E-state index >= 15 is 0 Å². The number of carbonyl (C=O) groups is 1. The van der Waals surface area contributed by atoms with E-state index in [0.717, 1.165) is 39.2 Å². The summed E-state index contributed by atoms with van der Waals surface area (Å²) in [6.45, 7) is 4.21. The van der Waals surface area contributed by atoms with Gasteiger partial charge in [0.2, 0.25) is 5.91 Å². The van der Waals surface area contributed by atoms with Gasteiger partial charge in [0.25, 0.3) is 0 Å². The first-order chi connectivity index (χ1) is 14.1. The van der Waals surface area contributed by atoms with E-state index in [1.807, 2.05) is 103 Å². The molecular weight excluding hydrogens is 358 g/mol. The van der Waals surface area contributed by atoms with Crippen molar-refractivity contribution in [3.63, 3.8) is 0 Å². The molecule has 4 aromatic rings. The van der Waals surface area contributed by atoms with Crippen LogP contribution < -0.4 is 5.32 Å². The highest BCUT2D eigenvalue weighted by atomic mass is 16.1. The second kappa shape index (κ2) is 8.15. The van der Waals surface area contributed by atoms with Gasteiger partial charge in [0, 0.05) is 5.69 Å². The molecule has 1 aromatic heterocycles. The lowest BCUT2D eigenvalue weighted by molar-refractivity contribution is -0.116. The molecule has 0 aliphatic rings. The second-order valence-electron chi connectivity index (χ2n) is 7.16. The van der Waals surface area contributed by atoms with Crippen molar-refractivity contribution in [1.29, 1.82) is 0 Å². The molecule has 1 amide bonds. The molecule has 0 fully saturated rings. The Hall–Kier alpha value is -3.66. The Bertz CT molecular complexity index is 1190. The second-order valence-corrected chi connectivity index (χ2v) is 7.16. The molecule has 0 saturated carbocycles. The summed E-state index contributed by atoms with van der Waals surface area (Å²) < 4.78 is 1.95. The standard InChI is InChI=1S/C25H23N3O/c1-18-12-13-19(2)22(16-18)27-25(29)17-28-23-11-7-6-10-21(23)26-24(28)15-14-20-8-4-3-5-9-20/h3-16H,17H2,1-2H3,(H,27,29)/b15-14+. The SMILES string of the molecule is Cc1ccc(C)c(NC(=O)Cn2c(/C=C/c3ccccc3)nc3ccccc32)c1. The van der Waals surface area contributed by atoms with Gasteiger partial charge in [0.1, 0.15) is 12.4 Å². The fourth-order valence-electron chi connectivity index (χ4n) is 3.33.